The van der Waals surface area contributed by atoms with Crippen LogP contribution in [0.15, 0.2) is 37.0 Å². The average Bonchev–Trinajstić information content (AvgIpc) is 2.39. The summed E-state index contributed by atoms with van der Waals surface area (Å²) < 4.78 is 10.7. The van der Waals surface area contributed by atoms with Crippen molar-refractivity contribution in [2.24, 2.45) is 5.92 Å². The molecule has 0 aliphatic rings. The summed E-state index contributed by atoms with van der Waals surface area (Å²) in [6, 6.07) is 0. The van der Waals surface area contributed by atoms with Crippen LogP contribution in [0.5, 0.6) is 0 Å². The van der Waals surface area contributed by atoms with Gasteiger partial charge in [-0.25, -0.2) is 0 Å². The van der Waals surface area contributed by atoms with E-state index < -0.39 is 6.10 Å². The zero-order chi connectivity index (χ0) is 14.7. The molecule has 3 nitrogen and oxygen atoms in total. The summed E-state index contributed by atoms with van der Waals surface area (Å²) in [5, 5.41) is 10.1. The molecule has 0 radical (unpaired) electrons. The molecule has 0 spiro atoms. The third kappa shape index (κ3) is 7.98. The van der Waals surface area contributed by atoms with Gasteiger partial charge in [0, 0.05) is 19.6 Å². The molecule has 0 aromatic heterocycles. The maximum Gasteiger partial charge on any atom is 0.101 e. The first-order valence-electron chi connectivity index (χ1n) is 6.76. The first-order valence-corrected chi connectivity index (χ1v) is 6.76. The fourth-order valence-corrected chi connectivity index (χ4v) is 1.83. The second-order valence-corrected chi connectivity index (χ2v) is 4.78. The molecule has 0 rings (SSSR count). The molecular weight excluding hydrogens is 240 g/mol. The van der Waals surface area contributed by atoms with Crippen LogP contribution in [0.1, 0.15) is 26.7 Å². The molecule has 0 heterocycles. The van der Waals surface area contributed by atoms with E-state index in [0.717, 1.165) is 25.0 Å². The standard InChI is InChI=1S/C16H28O3/c1-6-8-9-10-19-12-13(3)11-14(4)16(17)15(7-2)18-5/h6-7,11,14-17H,1-2,8-10,12H2,3-5H3/b13-11-/t14-,15+,16+/m1/s1. The van der Waals surface area contributed by atoms with Crippen LogP contribution in [-0.2, 0) is 9.47 Å². The third-order valence-corrected chi connectivity index (χ3v) is 2.95. The molecule has 1 N–H and O–H groups in total. The van der Waals surface area contributed by atoms with Crippen LogP contribution in [0, 0.1) is 5.92 Å². The molecule has 0 aliphatic carbocycles. The van der Waals surface area contributed by atoms with E-state index in [-0.39, 0.29) is 12.0 Å². The molecule has 19 heavy (non-hydrogen) atoms. The van der Waals surface area contributed by atoms with Gasteiger partial charge in [-0.1, -0.05) is 30.7 Å². The summed E-state index contributed by atoms with van der Waals surface area (Å²) >= 11 is 0. The summed E-state index contributed by atoms with van der Waals surface area (Å²) in [6.45, 7) is 12.6. The highest BCUT2D eigenvalue weighted by atomic mass is 16.5. The number of methoxy groups -OCH3 is 1. The van der Waals surface area contributed by atoms with Crippen molar-refractivity contribution in [3.63, 3.8) is 0 Å². The highest BCUT2D eigenvalue weighted by Crippen LogP contribution is 2.14. The van der Waals surface area contributed by atoms with Crippen LogP contribution in [0.25, 0.3) is 0 Å². The summed E-state index contributed by atoms with van der Waals surface area (Å²) in [6.07, 6.45) is 6.59. The molecule has 0 bridgehead atoms. The van der Waals surface area contributed by atoms with E-state index in [0.29, 0.717) is 6.61 Å². The topological polar surface area (TPSA) is 38.7 Å². The highest BCUT2D eigenvalue weighted by molar-refractivity contribution is 5.04. The van der Waals surface area contributed by atoms with E-state index in [4.69, 9.17) is 9.47 Å². The van der Waals surface area contributed by atoms with Gasteiger partial charge in [0.2, 0.25) is 0 Å². The van der Waals surface area contributed by atoms with E-state index in [1.165, 1.54) is 0 Å². The normalized spacial score (nSPS) is 16.7. The Morgan fingerprint density at radius 2 is 2.05 bits per heavy atom. The first kappa shape index (κ1) is 18.1. The lowest BCUT2D eigenvalue weighted by molar-refractivity contribution is -0.00169. The number of aliphatic hydroxyl groups is 1. The van der Waals surface area contributed by atoms with Crippen molar-refractivity contribution < 1.29 is 14.6 Å². The fourth-order valence-electron chi connectivity index (χ4n) is 1.83. The monoisotopic (exact) mass is 268 g/mol. The van der Waals surface area contributed by atoms with Gasteiger partial charge in [0.15, 0.2) is 0 Å². The van der Waals surface area contributed by atoms with Crippen molar-refractivity contribution in [3.8, 4) is 0 Å². The molecule has 0 fully saturated rings. The van der Waals surface area contributed by atoms with Gasteiger partial charge in [0.1, 0.15) is 6.10 Å². The van der Waals surface area contributed by atoms with Crippen LogP contribution >= 0.6 is 0 Å². The van der Waals surface area contributed by atoms with Crippen molar-refractivity contribution in [1.29, 1.82) is 0 Å². The first-order chi connectivity index (χ1) is 9.06. The molecular formula is C16H28O3. The van der Waals surface area contributed by atoms with Crippen LogP contribution in [0.3, 0.4) is 0 Å². The molecule has 110 valence electrons. The Morgan fingerprint density at radius 3 is 2.58 bits per heavy atom. The Hall–Kier alpha value is -0.900. The van der Waals surface area contributed by atoms with E-state index >= 15 is 0 Å². The van der Waals surface area contributed by atoms with Crippen molar-refractivity contribution >= 4 is 0 Å². The maximum atomic E-state index is 10.1. The van der Waals surface area contributed by atoms with Crippen LogP contribution < -0.4 is 0 Å². The Labute approximate surface area is 117 Å². The number of hydrogen-bond donors (Lipinski definition) is 1. The number of ether oxygens (including phenoxy) is 2. The predicted molar refractivity (Wildman–Crippen MR) is 80.2 cm³/mol. The minimum atomic E-state index is -0.585. The SMILES string of the molecule is C=CCCCOC/C(C)=C\[C@@H](C)[C@H](O)[C@H](C=C)OC. The Morgan fingerprint density at radius 1 is 1.37 bits per heavy atom. The third-order valence-electron chi connectivity index (χ3n) is 2.95. The quantitative estimate of drug-likeness (QED) is 0.462. The van der Waals surface area contributed by atoms with E-state index in [1.54, 1.807) is 13.2 Å². The Kier molecular flexibility index (Phi) is 10.5. The van der Waals surface area contributed by atoms with Gasteiger partial charge in [0.05, 0.1) is 12.7 Å². The average molecular weight is 268 g/mol. The second-order valence-electron chi connectivity index (χ2n) is 4.78. The van der Waals surface area contributed by atoms with Crippen LogP contribution in [0.2, 0.25) is 0 Å². The van der Waals surface area contributed by atoms with Crippen molar-refractivity contribution in [2.45, 2.75) is 38.9 Å². The molecule has 0 aliphatic heterocycles. The van der Waals surface area contributed by atoms with E-state index in [2.05, 4.69) is 13.2 Å². The van der Waals surface area contributed by atoms with Gasteiger partial charge in [0.25, 0.3) is 0 Å². The maximum absolute atomic E-state index is 10.1. The smallest absolute Gasteiger partial charge is 0.101 e. The number of allylic oxidation sites excluding steroid dienone is 1. The number of aliphatic hydroxyl groups excluding tert-OH is 1. The molecule has 0 amide bonds. The van der Waals surface area contributed by atoms with Crippen molar-refractivity contribution in [3.05, 3.63) is 37.0 Å². The predicted octanol–water partition coefficient (Wildman–Crippen LogP) is 3.11. The Bertz CT molecular complexity index is 284. The minimum absolute atomic E-state index is 0.000254. The summed E-state index contributed by atoms with van der Waals surface area (Å²) in [5.41, 5.74) is 1.11. The summed E-state index contributed by atoms with van der Waals surface area (Å²) in [7, 11) is 1.57. The largest absolute Gasteiger partial charge is 0.389 e. The number of unbranched alkanes of at least 4 members (excludes halogenated alkanes) is 1. The van der Waals surface area contributed by atoms with E-state index in [1.807, 2.05) is 26.0 Å². The van der Waals surface area contributed by atoms with Crippen LogP contribution in [0.4, 0.5) is 0 Å². The van der Waals surface area contributed by atoms with E-state index in [9.17, 15) is 5.11 Å². The lowest BCUT2D eigenvalue weighted by Gasteiger charge is -2.22. The van der Waals surface area contributed by atoms with Gasteiger partial charge in [-0.05, 0) is 19.8 Å². The number of hydrogen-bond acceptors (Lipinski definition) is 3. The van der Waals surface area contributed by atoms with Crippen molar-refractivity contribution in [2.75, 3.05) is 20.3 Å². The zero-order valence-electron chi connectivity index (χ0n) is 12.5. The highest BCUT2D eigenvalue weighted by Gasteiger charge is 2.20. The lowest BCUT2D eigenvalue weighted by Crippen LogP contribution is -2.31. The molecule has 3 atom stereocenters. The fraction of sp³-hybridized carbons (Fsp3) is 0.625. The zero-order valence-corrected chi connectivity index (χ0v) is 12.5. The van der Waals surface area contributed by atoms with Crippen molar-refractivity contribution in [1.82, 2.24) is 0 Å². The van der Waals surface area contributed by atoms with Gasteiger partial charge in [-0.3, -0.25) is 0 Å². The Balaban J connectivity index is 4.11. The molecule has 0 unspecified atom stereocenters. The summed E-state index contributed by atoms with van der Waals surface area (Å²) in [5.74, 6) is -0.000254. The summed E-state index contributed by atoms with van der Waals surface area (Å²) in [4.78, 5) is 0. The van der Waals surface area contributed by atoms with Gasteiger partial charge >= 0.3 is 0 Å². The molecule has 0 saturated heterocycles. The van der Waals surface area contributed by atoms with Gasteiger partial charge in [-0.15, -0.1) is 13.2 Å². The molecule has 0 aromatic carbocycles. The second kappa shape index (κ2) is 11.0. The minimum Gasteiger partial charge on any atom is -0.389 e. The lowest BCUT2D eigenvalue weighted by atomic mass is 9.97. The molecule has 0 aromatic rings. The van der Waals surface area contributed by atoms with Gasteiger partial charge < -0.3 is 14.6 Å². The molecule has 3 heteroatoms. The van der Waals surface area contributed by atoms with Crippen LogP contribution in [-0.4, -0.2) is 37.6 Å². The molecule has 0 saturated carbocycles. The number of rotatable bonds is 11. The van der Waals surface area contributed by atoms with Gasteiger partial charge in [-0.2, -0.15) is 0 Å².